The fourth-order valence-electron chi connectivity index (χ4n) is 6.00. The molecule has 1 aromatic heterocycles. The number of aryl methyl sites for hydroxylation is 1. The zero-order valence-corrected chi connectivity index (χ0v) is 26.3. The minimum Gasteiger partial charge on any atom is -0.491 e. The van der Waals surface area contributed by atoms with Crippen molar-refractivity contribution < 1.29 is 23.9 Å². The van der Waals surface area contributed by atoms with Crippen LogP contribution in [0, 0.1) is 12.8 Å². The molecule has 0 saturated heterocycles. The highest BCUT2D eigenvalue weighted by Gasteiger charge is 2.28. The van der Waals surface area contributed by atoms with Gasteiger partial charge in [0.1, 0.15) is 30.1 Å². The van der Waals surface area contributed by atoms with E-state index in [1.807, 2.05) is 43.3 Å². The number of fused-ring (bicyclic) bond motifs is 3. The van der Waals surface area contributed by atoms with Crippen molar-refractivity contribution in [3.05, 3.63) is 77.1 Å². The first-order chi connectivity index (χ1) is 22.3. The second kappa shape index (κ2) is 16.0. The number of nitrogens with zero attached hydrogens (tertiary/aromatic N) is 3. The van der Waals surface area contributed by atoms with Gasteiger partial charge in [-0.3, -0.25) is 19.2 Å². The van der Waals surface area contributed by atoms with Crippen LogP contribution in [0.15, 0.2) is 54.7 Å². The molecule has 1 aliphatic heterocycles. The summed E-state index contributed by atoms with van der Waals surface area (Å²) in [5.41, 5.74) is 2.67. The summed E-state index contributed by atoms with van der Waals surface area (Å²) in [4.78, 5) is 53.4. The molecule has 12 nitrogen and oxygen atoms in total. The molecule has 2 aromatic carbocycles. The molecule has 2 aliphatic rings. The topological polar surface area (TPSA) is 156 Å². The molecule has 2 bridgehead atoms. The van der Waals surface area contributed by atoms with Crippen LogP contribution in [-0.4, -0.2) is 63.9 Å². The van der Waals surface area contributed by atoms with Gasteiger partial charge in [-0.25, -0.2) is 4.68 Å². The van der Waals surface area contributed by atoms with Gasteiger partial charge in [-0.1, -0.05) is 79.3 Å². The fourth-order valence-corrected chi connectivity index (χ4v) is 6.00. The van der Waals surface area contributed by atoms with Crippen molar-refractivity contribution in [2.45, 2.75) is 83.5 Å². The summed E-state index contributed by atoms with van der Waals surface area (Å²) < 4.78 is 7.63. The van der Waals surface area contributed by atoms with E-state index in [2.05, 4.69) is 31.6 Å². The van der Waals surface area contributed by atoms with Gasteiger partial charge in [0.25, 0.3) is 5.91 Å². The Hall–Kier alpha value is -4.74. The number of ether oxygens (including phenoxy) is 1. The lowest BCUT2D eigenvalue weighted by molar-refractivity contribution is -0.129. The summed E-state index contributed by atoms with van der Waals surface area (Å²) >= 11 is 0. The van der Waals surface area contributed by atoms with Crippen LogP contribution in [0.2, 0.25) is 0 Å². The highest BCUT2D eigenvalue weighted by Crippen LogP contribution is 2.28. The van der Waals surface area contributed by atoms with Crippen molar-refractivity contribution >= 4 is 23.6 Å². The van der Waals surface area contributed by atoms with Gasteiger partial charge >= 0.3 is 0 Å². The van der Waals surface area contributed by atoms with E-state index < -0.39 is 18.0 Å². The fraction of sp³-hybridized carbons (Fsp3) is 0.471. The summed E-state index contributed by atoms with van der Waals surface area (Å²) in [5.74, 6) is -0.738. The summed E-state index contributed by atoms with van der Waals surface area (Å²) in [6.45, 7) is 2.65. The molecule has 1 saturated carbocycles. The molecule has 2 atom stereocenters. The molecule has 1 fully saturated rings. The van der Waals surface area contributed by atoms with Gasteiger partial charge in [-0.05, 0) is 37.0 Å². The number of carbonyl (C=O) groups is 4. The van der Waals surface area contributed by atoms with Crippen LogP contribution in [0.25, 0.3) is 0 Å². The lowest BCUT2D eigenvalue weighted by atomic mass is 9.84. The molecule has 4 N–H and O–H groups in total. The van der Waals surface area contributed by atoms with Gasteiger partial charge < -0.3 is 26.0 Å². The minimum absolute atomic E-state index is 0.0292. The number of aromatic nitrogens is 3. The Kier molecular flexibility index (Phi) is 11.4. The first-order valence-corrected chi connectivity index (χ1v) is 16.2. The van der Waals surface area contributed by atoms with Gasteiger partial charge in [-0.15, -0.1) is 5.10 Å². The Morgan fingerprint density at radius 3 is 2.50 bits per heavy atom. The number of hydrogen-bond acceptors (Lipinski definition) is 7. The third-order valence-electron chi connectivity index (χ3n) is 8.49. The number of rotatable bonds is 4. The van der Waals surface area contributed by atoms with Crippen LogP contribution >= 0.6 is 0 Å². The minimum atomic E-state index is -0.830. The molecule has 1 aliphatic carbocycles. The molecule has 0 unspecified atom stereocenters. The molecule has 244 valence electrons. The smallest absolute Gasteiger partial charge is 0.255 e. The predicted octanol–water partition coefficient (Wildman–Crippen LogP) is 2.60. The predicted molar refractivity (Wildman–Crippen MR) is 171 cm³/mol. The van der Waals surface area contributed by atoms with Gasteiger partial charge in [0.05, 0.1) is 24.8 Å². The molecule has 46 heavy (non-hydrogen) atoms. The monoisotopic (exact) mass is 629 g/mol. The average molecular weight is 630 g/mol. The van der Waals surface area contributed by atoms with E-state index in [9.17, 15) is 19.2 Å². The number of hydrogen-bond donors (Lipinski definition) is 4. The van der Waals surface area contributed by atoms with E-state index in [4.69, 9.17) is 4.74 Å². The molecular weight excluding hydrogens is 586 g/mol. The Labute approximate surface area is 269 Å². The van der Waals surface area contributed by atoms with E-state index in [0.29, 0.717) is 42.3 Å². The second-order valence-electron chi connectivity index (χ2n) is 12.2. The third kappa shape index (κ3) is 9.38. The van der Waals surface area contributed by atoms with Gasteiger partial charge in [0, 0.05) is 19.4 Å². The van der Waals surface area contributed by atoms with Crippen LogP contribution in [0.3, 0.4) is 0 Å². The lowest BCUT2D eigenvalue weighted by Gasteiger charge is -2.27. The maximum Gasteiger partial charge on any atom is 0.255 e. The van der Waals surface area contributed by atoms with Crippen LogP contribution < -0.4 is 26.0 Å². The third-order valence-corrected chi connectivity index (χ3v) is 8.49. The number of amides is 4. The van der Waals surface area contributed by atoms with Crippen LogP contribution in [-0.2, 0) is 33.9 Å². The van der Waals surface area contributed by atoms with E-state index in [1.165, 1.54) is 6.42 Å². The molecule has 12 heteroatoms. The number of benzene rings is 2. The Morgan fingerprint density at radius 2 is 1.70 bits per heavy atom. The maximum atomic E-state index is 13.6. The van der Waals surface area contributed by atoms with Crippen LogP contribution in [0.5, 0.6) is 5.75 Å². The van der Waals surface area contributed by atoms with Gasteiger partial charge in [0.15, 0.2) is 0 Å². The van der Waals surface area contributed by atoms with E-state index in [0.717, 1.165) is 36.8 Å². The lowest BCUT2D eigenvalue weighted by Crippen LogP contribution is -2.50. The maximum absolute atomic E-state index is 13.6. The standard InChI is InChI=1S/C34H43N7O5/c1-23-12-13-30-27(18-23)32(43)38-29(20-25-10-6-3-7-11-25)33(44)35-15-14-31(42)37-28(19-24-8-4-2-5-9-24)34(45)36-21-26-22-41(40-39-26)16-17-46-30/h2,4-5,8-9,12-13,18,22,25,28-29H,3,6-7,10-11,14-17,19-21H2,1H3,(H,35,44)(H,36,45)(H,37,42)(H,38,43)/t28-,29-/m0/s1. The van der Waals surface area contributed by atoms with E-state index >= 15 is 0 Å². The van der Waals surface area contributed by atoms with Gasteiger partial charge in [-0.2, -0.15) is 0 Å². The van der Waals surface area contributed by atoms with Crippen molar-refractivity contribution in [2.24, 2.45) is 5.92 Å². The Balaban J connectivity index is 1.36. The van der Waals surface area contributed by atoms with Crippen molar-refractivity contribution in [3.8, 4) is 5.75 Å². The van der Waals surface area contributed by atoms with Crippen LogP contribution in [0.4, 0.5) is 0 Å². The summed E-state index contributed by atoms with van der Waals surface area (Å²) in [6, 6.07) is 13.2. The highest BCUT2D eigenvalue weighted by molar-refractivity contribution is 6.00. The largest absolute Gasteiger partial charge is 0.491 e. The normalized spacial score (nSPS) is 21.0. The molecule has 0 radical (unpaired) electrons. The zero-order chi connectivity index (χ0) is 32.3. The molecule has 0 spiro atoms. The first-order valence-electron chi connectivity index (χ1n) is 16.2. The second-order valence-corrected chi connectivity index (χ2v) is 12.2. The quantitative estimate of drug-likeness (QED) is 0.346. The van der Waals surface area contributed by atoms with Crippen molar-refractivity contribution in [3.63, 3.8) is 0 Å². The summed E-state index contributed by atoms with van der Waals surface area (Å²) in [6.07, 6.45) is 7.90. The van der Waals surface area contributed by atoms with Crippen molar-refractivity contribution in [1.29, 1.82) is 0 Å². The Bertz CT molecular complexity index is 1500. The van der Waals surface area contributed by atoms with E-state index in [-0.39, 0.29) is 43.8 Å². The molecular formula is C34H43N7O5. The number of nitrogens with one attached hydrogen (secondary N) is 4. The van der Waals surface area contributed by atoms with Gasteiger partial charge in [0.2, 0.25) is 17.7 Å². The molecule has 3 aromatic rings. The van der Waals surface area contributed by atoms with E-state index in [1.54, 1.807) is 23.0 Å². The number of carbonyl (C=O) groups excluding carboxylic acids is 4. The average Bonchev–Trinajstić information content (AvgIpc) is 3.51. The Morgan fingerprint density at radius 1 is 0.913 bits per heavy atom. The zero-order valence-electron chi connectivity index (χ0n) is 26.3. The SMILES string of the molecule is Cc1ccc2c(c1)C(=O)N[C@@H](CC1CCCCC1)C(=O)NCCC(=O)N[C@@H](Cc1ccccc1)C(=O)NCc1cn(nn1)CCO2. The summed E-state index contributed by atoms with van der Waals surface area (Å²) in [5, 5.41) is 19.8. The van der Waals surface area contributed by atoms with Crippen molar-refractivity contribution in [1.82, 2.24) is 36.3 Å². The highest BCUT2D eigenvalue weighted by atomic mass is 16.5. The molecule has 5 rings (SSSR count). The molecule has 4 amide bonds. The molecule has 2 heterocycles. The first kappa shape index (κ1) is 32.6. The van der Waals surface area contributed by atoms with Crippen LogP contribution in [0.1, 0.15) is 72.1 Å². The summed E-state index contributed by atoms with van der Waals surface area (Å²) in [7, 11) is 0. The van der Waals surface area contributed by atoms with Crippen molar-refractivity contribution in [2.75, 3.05) is 13.2 Å².